The van der Waals surface area contributed by atoms with Crippen LogP contribution >= 0.6 is 0 Å². The number of carbonyl (C=O) groups excluding carboxylic acids is 1. The molecule has 2 heterocycles. The molecular weight excluding hydrogens is 373 g/mol. The molecule has 1 saturated heterocycles. The summed E-state index contributed by atoms with van der Waals surface area (Å²) >= 11 is 0. The Balaban J connectivity index is 1.49. The lowest BCUT2D eigenvalue weighted by atomic mass is 9.90. The third-order valence-electron chi connectivity index (χ3n) is 4.73. The van der Waals surface area contributed by atoms with Gasteiger partial charge in [0, 0.05) is 38.8 Å². The molecule has 9 heteroatoms. The fraction of sp³-hybridized carbons (Fsp3) is 0.474. The number of nitrogens with zero attached hydrogens (tertiary/aromatic N) is 2. The van der Waals surface area contributed by atoms with Gasteiger partial charge in [-0.3, -0.25) is 9.48 Å². The molecule has 1 aliphatic heterocycles. The van der Waals surface area contributed by atoms with E-state index in [2.05, 4.69) is 20.5 Å². The zero-order valence-corrected chi connectivity index (χ0v) is 15.5. The molecule has 2 atom stereocenters. The summed E-state index contributed by atoms with van der Waals surface area (Å²) in [6, 6.07) is 6.96. The van der Waals surface area contributed by atoms with E-state index in [0.717, 1.165) is 17.7 Å². The number of nitrogens with one attached hydrogen (secondary N) is 2. The van der Waals surface area contributed by atoms with E-state index >= 15 is 0 Å². The number of rotatable bonds is 7. The fourth-order valence-electron chi connectivity index (χ4n) is 3.29. The largest absolute Gasteiger partial charge is 0.411 e. The average Bonchev–Trinajstić information content (AvgIpc) is 3.28. The summed E-state index contributed by atoms with van der Waals surface area (Å²) < 4.78 is 42.6. The molecule has 0 saturated carbocycles. The highest BCUT2D eigenvalue weighted by atomic mass is 19.4. The summed E-state index contributed by atoms with van der Waals surface area (Å²) in [5.41, 5.74) is 2.56. The molecule has 1 aliphatic rings. The zero-order valence-electron chi connectivity index (χ0n) is 15.5. The molecule has 152 valence electrons. The van der Waals surface area contributed by atoms with E-state index < -0.39 is 12.8 Å². The third-order valence-corrected chi connectivity index (χ3v) is 4.73. The molecule has 1 fully saturated rings. The number of hydrogen-bond acceptors (Lipinski definition) is 4. The molecular formula is C19H23F3N4O2. The van der Waals surface area contributed by atoms with Crippen molar-refractivity contribution in [1.29, 1.82) is 0 Å². The van der Waals surface area contributed by atoms with Gasteiger partial charge in [0.25, 0.3) is 0 Å². The zero-order chi connectivity index (χ0) is 20.1. The van der Waals surface area contributed by atoms with E-state index in [1.165, 1.54) is 0 Å². The first-order chi connectivity index (χ1) is 13.3. The second-order valence-electron chi connectivity index (χ2n) is 6.96. The second-order valence-corrected chi connectivity index (χ2v) is 6.96. The van der Waals surface area contributed by atoms with Crippen molar-refractivity contribution in [3.8, 4) is 0 Å². The SMILES string of the molecule is Cn1cc([C@H]2CNC[C@@H]2C(=O)NCc2ccc(COCC(F)(F)F)cc2)cn1. The van der Waals surface area contributed by atoms with Crippen LogP contribution in [0.5, 0.6) is 0 Å². The monoisotopic (exact) mass is 396 g/mol. The van der Waals surface area contributed by atoms with E-state index in [4.69, 9.17) is 0 Å². The van der Waals surface area contributed by atoms with E-state index in [9.17, 15) is 18.0 Å². The van der Waals surface area contributed by atoms with Crippen molar-refractivity contribution in [3.05, 3.63) is 53.3 Å². The van der Waals surface area contributed by atoms with Gasteiger partial charge in [-0.15, -0.1) is 0 Å². The number of carbonyl (C=O) groups is 1. The molecule has 0 unspecified atom stereocenters. The fourth-order valence-corrected chi connectivity index (χ4v) is 3.29. The first kappa shape index (κ1) is 20.3. The summed E-state index contributed by atoms with van der Waals surface area (Å²) in [5, 5.41) is 10.4. The van der Waals surface area contributed by atoms with Gasteiger partial charge in [0.1, 0.15) is 6.61 Å². The molecule has 2 aromatic rings. The number of halogens is 3. The smallest absolute Gasteiger partial charge is 0.367 e. The molecule has 6 nitrogen and oxygen atoms in total. The Hall–Kier alpha value is -2.39. The van der Waals surface area contributed by atoms with E-state index in [-0.39, 0.29) is 24.3 Å². The Bertz CT molecular complexity index is 789. The van der Waals surface area contributed by atoms with Crippen molar-refractivity contribution in [2.75, 3.05) is 19.7 Å². The molecule has 3 rings (SSSR count). The topological polar surface area (TPSA) is 68.2 Å². The third kappa shape index (κ3) is 5.56. The van der Waals surface area contributed by atoms with Gasteiger partial charge in [-0.2, -0.15) is 18.3 Å². The highest BCUT2D eigenvalue weighted by Gasteiger charge is 2.34. The molecule has 0 spiro atoms. The number of aromatic nitrogens is 2. The van der Waals surface area contributed by atoms with Crippen molar-refractivity contribution in [3.63, 3.8) is 0 Å². The summed E-state index contributed by atoms with van der Waals surface area (Å²) in [5.74, 6) is -0.113. The van der Waals surface area contributed by atoms with Gasteiger partial charge in [0.15, 0.2) is 0 Å². The first-order valence-corrected chi connectivity index (χ1v) is 9.01. The Morgan fingerprint density at radius 3 is 2.64 bits per heavy atom. The molecule has 2 N–H and O–H groups in total. The summed E-state index contributed by atoms with van der Waals surface area (Å²) in [4.78, 5) is 12.6. The Morgan fingerprint density at radius 2 is 2.00 bits per heavy atom. The van der Waals surface area contributed by atoms with Crippen LogP contribution in [0.2, 0.25) is 0 Å². The van der Waals surface area contributed by atoms with Crippen molar-refractivity contribution < 1.29 is 22.7 Å². The number of hydrogen-bond donors (Lipinski definition) is 2. The number of alkyl halides is 3. The predicted octanol–water partition coefficient (Wildman–Crippen LogP) is 2.12. The molecule has 28 heavy (non-hydrogen) atoms. The van der Waals surface area contributed by atoms with E-state index in [1.54, 1.807) is 35.1 Å². The lowest BCUT2D eigenvalue weighted by Crippen LogP contribution is -2.33. The van der Waals surface area contributed by atoms with Gasteiger partial charge < -0.3 is 15.4 Å². The highest BCUT2D eigenvalue weighted by Crippen LogP contribution is 2.28. The lowest BCUT2D eigenvalue weighted by Gasteiger charge is -2.17. The average molecular weight is 396 g/mol. The van der Waals surface area contributed by atoms with Crippen LogP contribution in [-0.2, 0) is 29.7 Å². The van der Waals surface area contributed by atoms with Gasteiger partial charge in [-0.05, 0) is 16.7 Å². The lowest BCUT2D eigenvalue weighted by molar-refractivity contribution is -0.176. The van der Waals surface area contributed by atoms with Gasteiger partial charge in [-0.25, -0.2) is 0 Å². The van der Waals surface area contributed by atoms with Crippen LogP contribution in [0.3, 0.4) is 0 Å². The second kappa shape index (κ2) is 8.74. The van der Waals surface area contributed by atoms with E-state index in [0.29, 0.717) is 18.7 Å². The van der Waals surface area contributed by atoms with E-state index in [1.807, 2.05) is 13.2 Å². The maximum Gasteiger partial charge on any atom is 0.411 e. The van der Waals surface area contributed by atoms with Crippen molar-refractivity contribution in [2.24, 2.45) is 13.0 Å². The highest BCUT2D eigenvalue weighted by molar-refractivity contribution is 5.80. The molecule has 1 aromatic carbocycles. The van der Waals surface area contributed by atoms with Crippen LogP contribution < -0.4 is 10.6 Å². The summed E-state index contributed by atoms with van der Waals surface area (Å²) in [7, 11) is 1.85. The minimum Gasteiger partial charge on any atom is -0.367 e. The molecule has 1 aromatic heterocycles. The number of ether oxygens (including phenoxy) is 1. The molecule has 0 aliphatic carbocycles. The van der Waals surface area contributed by atoms with Crippen LogP contribution in [0.1, 0.15) is 22.6 Å². The van der Waals surface area contributed by atoms with Crippen LogP contribution in [0, 0.1) is 5.92 Å². The molecule has 1 amide bonds. The van der Waals surface area contributed by atoms with Crippen molar-refractivity contribution in [1.82, 2.24) is 20.4 Å². The van der Waals surface area contributed by atoms with Crippen LogP contribution in [-0.4, -0.2) is 41.6 Å². The van der Waals surface area contributed by atoms with Gasteiger partial charge in [0.05, 0.1) is 18.7 Å². The van der Waals surface area contributed by atoms with Gasteiger partial charge in [-0.1, -0.05) is 24.3 Å². The Labute approximate surface area is 161 Å². The van der Waals surface area contributed by atoms with Crippen molar-refractivity contribution >= 4 is 5.91 Å². The summed E-state index contributed by atoms with van der Waals surface area (Å²) in [6.45, 7) is 0.334. The quantitative estimate of drug-likeness (QED) is 0.752. The Morgan fingerprint density at radius 1 is 1.29 bits per heavy atom. The standard InChI is InChI=1S/C19H23F3N4O2/c1-26-10-15(7-25-26)16-8-23-9-17(16)18(27)24-6-13-2-4-14(5-3-13)11-28-12-19(20,21)22/h2-5,7,10,16-17,23H,6,8-9,11-12H2,1H3,(H,24,27)/t16-,17+/m1/s1. The maximum absolute atomic E-state index is 12.6. The van der Waals surface area contributed by atoms with Gasteiger partial charge >= 0.3 is 6.18 Å². The molecule has 0 bridgehead atoms. The molecule has 0 radical (unpaired) electrons. The summed E-state index contributed by atoms with van der Waals surface area (Å²) in [6.07, 6.45) is -0.609. The van der Waals surface area contributed by atoms with Gasteiger partial charge in [0.2, 0.25) is 5.91 Å². The van der Waals surface area contributed by atoms with Crippen LogP contribution in [0.25, 0.3) is 0 Å². The number of amides is 1. The first-order valence-electron chi connectivity index (χ1n) is 9.01. The van der Waals surface area contributed by atoms with Crippen molar-refractivity contribution in [2.45, 2.75) is 25.2 Å². The number of aryl methyl sites for hydroxylation is 1. The minimum absolute atomic E-state index is 0.0311. The Kier molecular flexibility index (Phi) is 6.35. The predicted molar refractivity (Wildman–Crippen MR) is 96.3 cm³/mol. The normalized spacial score (nSPS) is 19.7. The van der Waals surface area contributed by atoms with Crippen LogP contribution in [0.4, 0.5) is 13.2 Å². The number of benzene rings is 1. The van der Waals surface area contributed by atoms with Crippen LogP contribution in [0.15, 0.2) is 36.7 Å². The maximum atomic E-state index is 12.6. The minimum atomic E-state index is -4.33.